The molecule has 0 unspecified atom stereocenters. The van der Waals surface area contributed by atoms with Gasteiger partial charge in [-0.3, -0.25) is 4.72 Å². The van der Waals surface area contributed by atoms with Crippen molar-refractivity contribution in [2.24, 2.45) is 0 Å². The Balaban J connectivity index is 1.57. The highest BCUT2D eigenvalue weighted by Gasteiger charge is 2.31. The third-order valence-corrected chi connectivity index (χ3v) is 7.97. The minimum absolute atomic E-state index is 0.120. The lowest BCUT2D eigenvalue weighted by atomic mass is 10.1. The summed E-state index contributed by atoms with van der Waals surface area (Å²) in [6, 6.07) is 8.87. The second-order valence-electron chi connectivity index (χ2n) is 9.01. The summed E-state index contributed by atoms with van der Waals surface area (Å²) in [6.45, 7) is 5.01. The number of ether oxygens (including phenoxy) is 2. The molecular formula is C26H27F3N6O4S. The first kappa shape index (κ1) is 28.8. The number of hydrogen-bond acceptors (Lipinski definition) is 9. The Morgan fingerprint density at radius 1 is 1.02 bits per heavy atom. The molecule has 0 spiro atoms. The first-order valence-corrected chi connectivity index (χ1v) is 13.6. The molecule has 2 aromatic heterocycles. The van der Waals surface area contributed by atoms with E-state index in [0.29, 0.717) is 54.8 Å². The maximum Gasteiger partial charge on any atom is 0.417 e. The number of nitriles is 1. The van der Waals surface area contributed by atoms with E-state index in [1.54, 1.807) is 19.9 Å². The van der Waals surface area contributed by atoms with Crippen LogP contribution >= 0.6 is 0 Å². The zero-order valence-electron chi connectivity index (χ0n) is 22.2. The van der Waals surface area contributed by atoms with Gasteiger partial charge in [-0.1, -0.05) is 0 Å². The normalized spacial score (nSPS) is 14.1. The molecule has 1 aliphatic heterocycles. The van der Waals surface area contributed by atoms with Gasteiger partial charge < -0.3 is 19.3 Å². The molecule has 1 fully saturated rings. The number of piperazine rings is 1. The summed E-state index contributed by atoms with van der Waals surface area (Å²) in [5.41, 5.74) is 0.343. The Morgan fingerprint density at radius 2 is 1.70 bits per heavy atom. The number of alkyl halides is 3. The number of aryl methyl sites for hydroxylation is 1. The summed E-state index contributed by atoms with van der Waals surface area (Å²) in [6.07, 6.45) is -3.65. The largest absolute Gasteiger partial charge is 0.497 e. The molecule has 0 aliphatic carbocycles. The highest BCUT2D eigenvalue weighted by Crippen LogP contribution is 2.35. The van der Waals surface area contributed by atoms with Crippen molar-refractivity contribution in [2.75, 3.05) is 54.9 Å². The van der Waals surface area contributed by atoms with Crippen LogP contribution in [0.5, 0.6) is 11.5 Å². The molecule has 1 saturated heterocycles. The smallest absolute Gasteiger partial charge is 0.417 e. The molecule has 10 nitrogen and oxygen atoms in total. The van der Waals surface area contributed by atoms with Crippen molar-refractivity contribution in [1.82, 2.24) is 9.97 Å². The van der Waals surface area contributed by atoms with Crippen LogP contribution in [0.15, 0.2) is 41.4 Å². The van der Waals surface area contributed by atoms with Crippen LogP contribution in [0.3, 0.4) is 0 Å². The highest BCUT2D eigenvalue weighted by molar-refractivity contribution is 7.92. The lowest BCUT2D eigenvalue weighted by molar-refractivity contribution is -0.137. The minimum Gasteiger partial charge on any atom is -0.497 e. The average molecular weight is 577 g/mol. The molecule has 14 heteroatoms. The lowest BCUT2D eigenvalue weighted by Crippen LogP contribution is -2.47. The van der Waals surface area contributed by atoms with Crippen LogP contribution in [0, 0.1) is 25.2 Å². The molecule has 0 saturated carbocycles. The van der Waals surface area contributed by atoms with Gasteiger partial charge in [0.25, 0.3) is 10.0 Å². The number of sulfonamides is 1. The fourth-order valence-corrected chi connectivity index (χ4v) is 5.79. The van der Waals surface area contributed by atoms with E-state index in [2.05, 4.69) is 20.8 Å². The Morgan fingerprint density at radius 3 is 2.25 bits per heavy atom. The molecule has 0 atom stereocenters. The van der Waals surface area contributed by atoms with Gasteiger partial charge in [0.05, 0.1) is 36.7 Å². The molecular weight excluding hydrogens is 549 g/mol. The van der Waals surface area contributed by atoms with Gasteiger partial charge in [0.15, 0.2) is 0 Å². The molecule has 1 aliphatic rings. The second kappa shape index (κ2) is 11.1. The highest BCUT2D eigenvalue weighted by atomic mass is 32.2. The zero-order valence-corrected chi connectivity index (χ0v) is 23.0. The summed E-state index contributed by atoms with van der Waals surface area (Å²) in [5, 5.41) is 9.99. The second-order valence-corrected chi connectivity index (χ2v) is 10.7. The Bertz CT molecular complexity index is 1550. The first-order chi connectivity index (χ1) is 18.9. The number of benzene rings is 1. The molecule has 3 aromatic rings. The predicted octanol–water partition coefficient (Wildman–Crippen LogP) is 4.13. The van der Waals surface area contributed by atoms with Gasteiger partial charge in [0.1, 0.15) is 34.1 Å². The number of hydrogen-bond donors (Lipinski definition) is 1. The number of rotatable bonds is 7. The van der Waals surface area contributed by atoms with E-state index in [4.69, 9.17) is 9.47 Å². The summed E-state index contributed by atoms with van der Waals surface area (Å²) in [5.74, 6) is 1.27. The van der Waals surface area contributed by atoms with E-state index in [9.17, 15) is 26.9 Å². The van der Waals surface area contributed by atoms with Crippen LogP contribution in [0.4, 0.5) is 30.5 Å². The van der Waals surface area contributed by atoms with Gasteiger partial charge in [-0.05, 0) is 43.7 Å². The van der Waals surface area contributed by atoms with Crippen LogP contribution < -0.4 is 24.0 Å². The van der Waals surface area contributed by atoms with Crippen LogP contribution in [0.1, 0.15) is 22.4 Å². The summed E-state index contributed by atoms with van der Waals surface area (Å²) >= 11 is 0. The van der Waals surface area contributed by atoms with E-state index >= 15 is 0 Å². The number of nitrogens with one attached hydrogen (secondary N) is 1. The van der Waals surface area contributed by atoms with Crippen molar-refractivity contribution in [3.63, 3.8) is 0 Å². The Hall–Kier alpha value is -4.25. The topological polar surface area (TPSA) is 121 Å². The van der Waals surface area contributed by atoms with E-state index in [1.807, 2.05) is 9.80 Å². The molecule has 1 aromatic carbocycles. The van der Waals surface area contributed by atoms with E-state index in [0.717, 1.165) is 12.3 Å². The predicted molar refractivity (Wildman–Crippen MR) is 142 cm³/mol. The van der Waals surface area contributed by atoms with E-state index < -0.39 is 21.8 Å². The minimum atomic E-state index is -4.46. The van der Waals surface area contributed by atoms with Gasteiger partial charge in [-0.15, -0.1) is 0 Å². The maximum atomic E-state index is 13.3. The van der Waals surface area contributed by atoms with Crippen molar-refractivity contribution in [1.29, 1.82) is 5.26 Å². The zero-order chi connectivity index (χ0) is 29.2. The van der Waals surface area contributed by atoms with Crippen LogP contribution in [0.2, 0.25) is 0 Å². The number of methoxy groups -OCH3 is 2. The molecule has 3 heterocycles. The summed E-state index contributed by atoms with van der Waals surface area (Å²) in [4.78, 5) is 12.1. The number of nitrogens with zero attached hydrogens (tertiary/aromatic N) is 5. The molecule has 4 rings (SSSR count). The quantitative estimate of drug-likeness (QED) is 0.443. The SMILES string of the molecule is COc1ccc(OC)c(S(=O)(=O)Nc2c(C)nc(N3CCN(c4ccc(C(F)(F)F)cn4)CC3)c(C#N)c2C)c1. The molecule has 212 valence electrons. The third kappa shape index (κ3) is 5.69. The van der Waals surface area contributed by atoms with Crippen LogP contribution in [-0.2, 0) is 16.2 Å². The van der Waals surface area contributed by atoms with Gasteiger partial charge >= 0.3 is 6.18 Å². The number of aromatic nitrogens is 2. The number of anilines is 3. The van der Waals surface area contributed by atoms with E-state index in [1.165, 1.54) is 32.4 Å². The van der Waals surface area contributed by atoms with Crippen molar-refractivity contribution in [2.45, 2.75) is 24.9 Å². The van der Waals surface area contributed by atoms with Gasteiger partial charge in [0.2, 0.25) is 0 Å². The Kier molecular flexibility index (Phi) is 7.97. The van der Waals surface area contributed by atoms with Crippen LogP contribution in [-0.4, -0.2) is 58.8 Å². The third-order valence-electron chi connectivity index (χ3n) is 6.60. The first-order valence-electron chi connectivity index (χ1n) is 12.1. The van der Waals surface area contributed by atoms with Gasteiger partial charge in [0, 0.05) is 38.4 Å². The average Bonchev–Trinajstić information content (AvgIpc) is 2.94. The monoisotopic (exact) mass is 576 g/mol. The molecule has 1 N–H and O–H groups in total. The fraction of sp³-hybridized carbons (Fsp3) is 0.346. The van der Waals surface area contributed by atoms with Crippen LogP contribution in [0.25, 0.3) is 0 Å². The Labute approximate surface area is 230 Å². The molecule has 0 radical (unpaired) electrons. The van der Waals surface area contributed by atoms with Gasteiger partial charge in [-0.25, -0.2) is 18.4 Å². The maximum absolute atomic E-state index is 13.3. The molecule has 0 bridgehead atoms. The van der Waals surface area contributed by atoms with Crippen molar-refractivity contribution in [3.8, 4) is 17.6 Å². The number of halogens is 3. The van der Waals surface area contributed by atoms with Crippen molar-refractivity contribution >= 4 is 27.3 Å². The van der Waals surface area contributed by atoms with Gasteiger partial charge in [-0.2, -0.15) is 18.4 Å². The molecule has 40 heavy (non-hydrogen) atoms. The number of pyridine rings is 2. The van der Waals surface area contributed by atoms with Crippen molar-refractivity contribution in [3.05, 3.63) is 58.9 Å². The lowest BCUT2D eigenvalue weighted by Gasteiger charge is -2.37. The van der Waals surface area contributed by atoms with E-state index in [-0.39, 0.29) is 21.9 Å². The molecule has 0 amide bonds. The summed E-state index contributed by atoms with van der Waals surface area (Å²) in [7, 11) is -1.37. The summed E-state index contributed by atoms with van der Waals surface area (Å²) < 4.78 is 78.2. The van der Waals surface area contributed by atoms with Crippen molar-refractivity contribution < 1.29 is 31.1 Å². The standard InChI is InChI=1S/C26H27F3N6O4S/c1-16-20(14-30)25(35-11-9-34(10-12-35)23-8-5-18(15-31-23)26(27,28)29)32-17(2)24(16)33-40(36,37)22-13-19(38-3)6-7-21(22)39-4/h5-8,13,15,33H,9-12H2,1-4H3. The fourth-order valence-electron chi connectivity index (χ4n) is 4.42.